The highest BCUT2D eigenvalue weighted by atomic mass is 15.2. The number of benzene rings is 1. The van der Waals surface area contributed by atoms with Crippen LogP contribution in [0.25, 0.3) is 0 Å². The van der Waals surface area contributed by atoms with Crippen LogP contribution >= 0.6 is 0 Å². The summed E-state index contributed by atoms with van der Waals surface area (Å²) in [4.78, 5) is 4.81. The normalized spacial score (nSPS) is 22.1. The fourth-order valence-corrected chi connectivity index (χ4v) is 2.78. The predicted octanol–water partition coefficient (Wildman–Crippen LogP) is 1.94. The molecule has 2 N–H and O–H groups in total. The largest absolute Gasteiger partial charge is 0.323 e. The third-order valence-electron chi connectivity index (χ3n) is 4.39. The van der Waals surface area contributed by atoms with Crippen LogP contribution in [0, 0.1) is 13.8 Å². The zero-order chi connectivity index (χ0) is 14.0. The lowest BCUT2D eigenvalue weighted by Crippen LogP contribution is -2.34. The van der Waals surface area contributed by atoms with Crippen molar-refractivity contribution in [2.24, 2.45) is 5.73 Å². The minimum Gasteiger partial charge on any atom is -0.323 e. The van der Waals surface area contributed by atoms with E-state index in [-0.39, 0.29) is 6.04 Å². The van der Waals surface area contributed by atoms with Crippen LogP contribution in [0.1, 0.15) is 29.2 Å². The van der Waals surface area contributed by atoms with Gasteiger partial charge >= 0.3 is 0 Å². The molecule has 1 aromatic carbocycles. The van der Waals surface area contributed by atoms with Gasteiger partial charge in [0, 0.05) is 25.2 Å². The Morgan fingerprint density at radius 3 is 2.63 bits per heavy atom. The van der Waals surface area contributed by atoms with Gasteiger partial charge in [-0.3, -0.25) is 4.90 Å². The van der Waals surface area contributed by atoms with E-state index in [9.17, 15) is 0 Å². The van der Waals surface area contributed by atoms with E-state index in [4.69, 9.17) is 5.73 Å². The van der Waals surface area contributed by atoms with Crippen LogP contribution in [-0.2, 0) is 0 Å². The summed E-state index contributed by atoms with van der Waals surface area (Å²) >= 11 is 0. The molecule has 19 heavy (non-hydrogen) atoms. The molecule has 2 unspecified atom stereocenters. The summed E-state index contributed by atoms with van der Waals surface area (Å²) in [6.07, 6.45) is 1.26. The Bertz CT molecular complexity index is 428. The molecular formula is C16H27N3. The lowest BCUT2D eigenvalue weighted by molar-refractivity contribution is 0.260. The SMILES string of the molecule is Cc1ccc(C(N)CN2CCC(N(C)C)C2)cc1C. The summed E-state index contributed by atoms with van der Waals surface area (Å²) in [6, 6.07) is 7.40. The van der Waals surface area contributed by atoms with Crippen molar-refractivity contribution in [1.82, 2.24) is 9.80 Å². The quantitative estimate of drug-likeness (QED) is 0.899. The molecule has 0 amide bonds. The van der Waals surface area contributed by atoms with Crippen LogP contribution < -0.4 is 5.73 Å². The zero-order valence-electron chi connectivity index (χ0n) is 12.7. The van der Waals surface area contributed by atoms with Gasteiger partial charge < -0.3 is 10.6 Å². The van der Waals surface area contributed by atoms with Crippen molar-refractivity contribution in [3.8, 4) is 0 Å². The van der Waals surface area contributed by atoms with Crippen LogP contribution in [0.3, 0.4) is 0 Å². The van der Waals surface area contributed by atoms with E-state index in [1.54, 1.807) is 0 Å². The second-order valence-electron chi connectivity index (χ2n) is 6.12. The van der Waals surface area contributed by atoms with Crippen molar-refractivity contribution < 1.29 is 0 Å². The van der Waals surface area contributed by atoms with E-state index in [0.29, 0.717) is 6.04 Å². The summed E-state index contributed by atoms with van der Waals surface area (Å²) < 4.78 is 0. The molecule has 0 saturated carbocycles. The van der Waals surface area contributed by atoms with Crippen molar-refractivity contribution in [2.75, 3.05) is 33.7 Å². The fourth-order valence-electron chi connectivity index (χ4n) is 2.78. The first-order valence-corrected chi connectivity index (χ1v) is 7.19. The molecule has 1 heterocycles. The van der Waals surface area contributed by atoms with E-state index < -0.39 is 0 Å². The second kappa shape index (κ2) is 6.04. The Kier molecular flexibility index (Phi) is 4.61. The van der Waals surface area contributed by atoms with Gasteiger partial charge in [-0.1, -0.05) is 18.2 Å². The number of nitrogens with two attached hydrogens (primary N) is 1. The average Bonchev–Trinajstić information content (AvgIpc) is 2.81. The monoisotopic (exact) mass is 261 g/mol. The molecule has 0 aliphatic carbocycles. The number of hydrogen-bond donors (Lipinski definition) is 1. The maximum absolute atomic E-state index is 6.36. The lowest BCUT2D eigenvalue weighted by Gasteiger charge is -2.23. The van der Waals surface area contributed by atoms with Crippen molar-refractivity contribution in [1.29, 1.82) is 0 Å². The molecule has 1 aromatic rings. The standard InChI is InChI=1S/C16H27N3/c1-12-5-6-14(9-13(12)2)16(17)11-19-8-7-15(10-19)18(3)4/h5-6,9,15-16H,7-8,10-11,17H2,1-4H3. The highest BCUT2D eigenvalue weighted by Gasteiger charge is 2.25. The Labute approximate surface area is 117 Å². The highest BCUT2D eigenvalue weighted by Crippen LogP contribution is 2.19. The Morgan fingerprint density at radius 2 is 2.05 bits per heavy atom. The first kappa shape index (κ1) is 14.5. The van der Waals surface area contributed by atoms with E-state index in [0.717, 1.165) is 13.1 Å². The van der Waals surface area contributed by atoms with Crippen LogP contribution in [0.15, 0.2) is 18.2 Å². The third kappa shape index (κ3) is 3.56. The molecule has 3 nitrogen and oxygen atoms in total. The average molecular weight is 261 g/mol. The van der Waals surface area contributed by atoms with Gasteiger partial charge in [-0.25, -0.2) is 0 Å². The van der Waals surface area contributed by atoms with Crippen molar-refractivity contribution in [2.45, 2.75) is 32.4 Å². The molecule has 0 spiro atoms. The van der Waals surface area contributed by atoms with Crippen LogP contribution in [0.4, 0.5) is 0 Å². The molecule has 1 fully saturated rings. The van der Waals surface area contributed by atoms with Crippen LogP contribution in [-0.4, -0.2) is 49.6 Å². The topological polar surface area (TPSA) is 32.5 Å². The summed E-state index contributed by atoms with van der Waals surface area (Å²) in [5.74, 6) is 0. The molecule has 2 atom stereocenters. The van der Waals surface area contributed by atoms with Crippen molar-refractivity contribution in [3.63, 3.8) is 0 Å². The predicted molar refractivity (Wildman–Crippen MR) is 81.4 cm³/mol. The number of nitrogens with zero attached hydrogens (tertiary/aromatic N) is 2. The lowest BCUT2D eigenvalue weighted by atomic mass is 10.0. The molecule has 0 bridgehead atoms. The number of aryl methyl sites for hydroxylation is 2. The van der Waals surface area contributed by atoms with Crippen molar-refractivity contribution in [3.05, 3.63) is 34.9 Å². The minimum absolute atomic E-state index is 0.125. The number of likely N-dealkylation sites (tertiary alicyclic amines) is 1. The van der Waals surface area contributed by atoms with Gasteiger partial charge in [-0.2, -0.15) is 0 Å². The van der Waals surface area contributed by atoms with E-state index >= 15 is 0 Å². The molecule has 2 rings (SSSR count). The minimum atomic E-state index is 0.125. The maximum Gasteiger partial charge on any atom is 0.0424 e. The molecular weight excluding hydrogens is 234 g/mol. The van der Waals surface area contributed by atoms with Gasteiger partial charge in [0.1, 0.15) is 0 Å². The van der Waals surface area contributed by atoms with Gasteiger partial charge in [-0.15, -0.1) is 0 Å². The summed E-state index contributed by atoms with van der Waals surface area (Å²) in [6.45, 7) is 7.58. The van der Waals surface area contributed by atoms with Gasteiger partial charge in [0.25, 0.3) is 0 Å². The third-order valence-corrected chi connectivity index (χ3v) is 4.39. The molecule has 106 valence electrons. The van der Waals surface area contributed by atoms with Crippen LogP contribution in [0.2, 0.25) is 0 Å². The van der Waals surface area contributed by atoms with E-state index in [2.05, 4.69) is 55.9 Å². The highest BCUT2D eigenvalue weighted by molar-refractivity contribution is 5.31. The second-order valence-corrected chi connectivity index (χ2v) is 6.12. The molecule has 0 aromatic heterocycles. The first-order chi connectivity index (χ1) is 8.97. The van der Waals surface area contributed by atoms with Crippen molar-refractivity contribution >= 4 is 0 Å². The number of likely N-dealkylation sites (N-methyl/N-ethyl adjacent to an activating group) is 1. The van der Waals surface area contributed by atoms with Gasteiger partial charge in [0.05, 0.1) is 0 Å². The Morgan fingerprint density at radius 1 is 1.32 bits per heavy atom. The molecule has 1 saturated heterocycles. The maximum atomic E-state index is 6.36. The smallest absolute Gasteiger partial charge is 0.0424 e. The summed E-state index contributed by atoms with van der Waals surface area (Å²) in [5.41, 5.74) is 10.3. The summed E-state index contributed by atoms with van der Waals surface area (Å²) in [5, 5.41) is 0. The van der Waals surface area contributed by atoms with Gasteiger partial charge in [0.15, 0.2) is 0 Å². The Hall–Kier alpha value is -0.900. The van der Waals surface area contributed by atoms with Gasteiger partial charge in [0.2, 0.25) is 0 Å². The summed E-state index contributed by atoms with van der Waals surface area (Å²) in [7, 11) is 4.33. The molecule has 0 radical (unpaired) electrons. The Balaban J connectivity index is 1.94. The first-order valence-electron chi connectivity index (χ1n) is 7.19. The number of rotatable bonds is 4. The van der Waals surface area contributed by atoms with E-state index in [1.165, 1.54) is 29.7 Å². The fraction of sp³-hybridized carbons (Fsp3) is 0.625. The molecule has 1 aliphatic rings. The number of hydrogen-bond acceptors (Lipinski definition) is 3. The van der Waals surface area contributed by atoms with Gasteiger partial charge in [-0.05, 0) is 57.6 Å². The van der Waals surface area contributed by atoms with E-state index in [1.807, 2.05) is 0 Å². The van der Waals surface area contributed by atoms with Crippen LogP contribution in [0.5, 0.6) is 0 Å². The zero-order valence-corrected chi connectivity index (χ0v) is 12.7. The molecule has 3 heteroatoms. The molecule has 1 aliphatic heterocycles.